The topological polar surface area (TPSA) is 99.6 Å². The molecule has 0 N–H and O–H groups in total. The Morgan fingerprint density at radius 3 is 2.32 bits per heavy atom. The van der Waals surface area contributed by atoms with Gasteiger partial charge in [0.05, 0.1) is 64.7 Å². The zero-order valence-electron chi connectivity index (χ0n) is 22.4. The van der Waals surface area contributed by atoms with E-state index < -0.39 is 0 Å². The minimum atomic E-state index is 0.0672. The van der Waals surface area contributed by atoms with E-state index in [0.717, 1.165) is 80.7 Å². The lowest BCUT2D eigenvalue weighted by Gasteiger charge is -2.25. The normalized spacial score (nSPS) is 22.1. The van der Waals surface area contributed by atoms with Crippen molar-refractivity contribution in [2.75, 3.05) is 39.6 Å². The first kappa shape index (κ1) is 25.2. The van der Waals surface area contributed by atoms with Crippen molar-refractivity contribution in [1.29, 1.82) is 0 Å². The number of nitrogens with zero attached hydrogens (tertiary/aromatic N) is 6. The Hall–Kier alpha value is -3.05. The van der Waals surface area contributed by atoms with Crippen molar-refractivity contribution >= 4 is 0 Å². The molecule has 1 unspecified atom stereocenters. The van der Waals surface area contributed by atoms with Crippen LogP contribution in [0.3, 0.4) is 0 Å². The van der Waals surface area contributed by atoms with E-state index in [9.17, 15) is 0 Å². The second-order valence-electron chi connectivity index (χ2n) is 10.6. The van der Waals surface area contributed by atoms with E-state index in [1.807, 2.05) is 46.5 Å². The molecule has 0 aliphatic carbocycles. The van der Waals surface area contributed by atoms with E-state index in [2.05, 4.69) is 15.3 Å². The van der Waals surface area contributed by atoms with Gasteiger partial charge in [-0.05, 0) is 33.1 Å². The summed E-state index contributed by atoms with van der Waals surface area (Å²) in [4.78, 5) is 0. The van der Waals surface area contributed by atoms with Gasteiger partial charge in [-0.2, -0.15) is 15.3 Å². The molecule has 0 radical (unpaired) electrons. The van der Waals surface area contributed by atoms with Crippen LogP contribution in [0.4, 0.5) is 0 Å². The van der Waals surface area contributed by atoms with Gasteiger partial charge in [-0.3, -0.25) is 0 Å². The van der Waals surface area contributed by atoms with Crippen LogP contribution in [0.15, 0.2) is 18.6 Å². The Kier molecular flexibility index (Phi) is 7.55. The van der Waals surface area contributed by atoms with E-state index in [-0.39, 0.29) is 12.0 Å². The highest BCUT2D eigenvalue weighted by atomic mass is 16.5. The molecule has 0 aromatic carbocycles. The van der Waals surface area contributed by atoms with Gasteiger partial charge in [0.15, 0.2) is 0 Å². The number of aryl methyl sites for hydroxylation is 2. The summed E-state index contributed by atoms with van der Waals surface area (Å²) in [5, 5.41) is 13.5. The molecular weight excluding hydrogens is 488 g/mol. The highest BCUT2D eigenvalue weighted by Gasteiger charge is 2.26. The molecule has 3 aromatic rings. The van der Waals surface area contributed by atoms with Crippen LogP contribution in [0.1, 0.15) is 36.5 Å². The zero-order valence-corrected chi connectivity index (χ0v) is 22.4. The summed E-state index contributed by atoms with van der Waals surface area (Å²) in [6, 6.07) is 0. The number of rotatable bonds is 11. The summed E-state index contributed by atoms with van der Waals surface area (Å²) in [5.74, 6) is 3.45. The largest absolute Gasteiger partial charge is 0.477 e. The monoisotopic (exact) mass is 526 g/mol. The molecule has 6 rings (SSSR count). The average Bonchev–Trinajstić information content (AvgIpc) is 3.63. The fraction of sp³-hybridized carbons (Fsp3) is 0.667. The van der Waals surface area contributed by atoms with Gasteiger partial charge in [0.25, 0.3) is 0 Å². The molecule has 0 spiro atoms. The van der Waals surface area contributed by atoms with Gasteiger partial charge in [-0.15, -0.1) is 0 Å². The minimum absolute atomic E-state index is 0.0672. The quantitative estimate of drug-likeness (QED) is 0.352. The first-order valence-corrected chi connectivity index (χ1v) is 13.9. The second kappa shape index (κ2) is 11.4. The Morgan fingerprint density at radius 1 is 0.816 bits per heavy atom. The predicted molar refractivity (Wildman–Crippen MR) is 138 cm³/mol. The number of hydrogen-bond acceptors (Lipinski definition) is 8. The Labute approximate surface area is 222 Å². The number of hydrogen-bond donors (Lipinski definition) is 0. The first-order chi connectivity index (χ1) is 18.7. The summed E-state index contributed by atoms with van der Waals surface area (Å²) in [7, 11) is 0. The maximum Gasteiger partial charge on any atom is 0.215 e. The van der Waals surface area contributed by atoms with Gasteiger partial charge < -0.3 is 23.7 Å². The SMILES string of the molecule is CCO[C@H]1COc2c(CCOCC3COc4c(CCC[C@H]5COc6c(C)cnn6C5)cnn4C3)cnn2C1. The van der Waals surface area contributed by atoms with Crippen LogP contribution in [0.25, 0.3) is 0 Å². The van der Waals surface area contributed by atoms with E-state index in [1.54, 1.807) is 0 Å². The van der Waals surface area contributed by atoms with Gasteiger partial charge in [0.1, 0.15) is 12.7 Å². The fourth-order valence-corrected chi connectivity index (χ4v) is 5.58. The van der Waals surface area contributed by atoms with Crippen LogP contribution in [0.2, 0.25) is 0 Å². The maximum atomic E-state index is 6.14. The minimum Gasteiger partial charge on any atom is -0.477 e. The molecular formula is C27H38N6O5. The maximum absolute atomic E-state index is 6.14. The summed E-state index contributed by atoms with van der Waals surface area (Å²) >= 11 is 0. The summed E-state index contributed by atoms with van der Waals surface area (Å²) < 4.78 is 35.5. The van der Waals surface area contributed by atoms with Crippen LogP contribution in [-0.2, 0) is 41.9 Å². The van der Waals surface area contributed by atoms with Gasteiger partial charge in [0, 0.05) is 41.6 Å². The van der Waals surface area contributed by atoms with Crippen molar-refractivity contribution in [3.8, 4) is 17.6 Å². The number of ether oxygens (including phenoxy) is 5. The Bertz CT molecular complexity index is 1220. The van der Waals surface area contributed by atoms with Crippen LogP contribution in [0.5, 0.6) is 17.6 Å². The van der Waals surface area contributed by atoms with E-state index in [0.29, 0.717) is 39.0 Å². The lowest BCUT2D eigenvalue weighted by Crippen LogP contribution is -2.33. The third-order valence-corrected chi connectivity index (χ3v) is 7.57. The second-order valence-corrected chi connectivity index (χ2v) is 10.6. The molecule has 0 bridgehead atoms. The molecule has 0 saturated carbocycles. The van der Waals surface area contributed by atoms with E-state index in [4.69, 9.17) is 23.7 Å². The van der Waals surface area contributed by atoms with E-state index >= 15 is 0 Å². The third kappa shape index (κ3) is 5.40. The van der Waals surface area contributed by atoms with Crippen LogP contribution >= 0.6 is 0 Å². The highest BCUT2D eigenvalue weighted by Crippen LogP contribution is 2.29. The van der Waals surface area contributed by atoms with Crippen molar-refractivity contribution in [3.63, 3.8) is 0 Å². The Balaban J connectivity index is 0.913. The molecule has 3 atom stereocenters. The van der Waals surface area contributed by atoms with Gasteiger partial charge in [-0.1, -0.05) is 0 Å². The van der Waals surface area contributed by atoms with E-state index in [1.165, 1.54) is 5.56 Å². The molecule has 6 heterocycles. The fourth-order valence-electron chi connectivity index (χ4n) is 5.58. The molecule has 0 fully saturated rings. The molecule has 206 valence electrons. The van der Waals surface area contributed by atoms with Gasteiger partial charge in [-0.25, -0.2) is 14.0 Å². The molecule has 3 aromatic heterocycles. The van der Waals surface area contributed by atoms with Crippen molar-refractivity contribution < 1.29 is 23.7 Å². The number of fused-ring (bicyclic) bond motifs is 3. The van der Waals surface area contributed by atoms with Gasteiger partial charge in [0.2, 0.25) is 17.6 Å². The molecule has 11 nitrogen and oxygen atoms in total. The number of aromatic nitrogens is 6. The van der Waals surface area contributed by atoms with Gasteiger partial charge >= 0.3 is 0 Å². The van der Waals surface area contributed by atoms with Crippen molar-refractivity contribution in [2.24, 2.45) is 11.8 Å². The highest BCUT2D eigenvalue weighted by molar-refractivity contribution is 5.27. The lowest BCUT2D eigenvalue weighted by molar-refractivity contribution is -0.00700. The standard InChI is InChI=1S/C27H38N6O5/c1-3-35-24-14-33-27(38-18-24)23(11-30-33)7-8-34-15-21-13-32-26(37-17-21)22(10-29-32)6-4-5-20-12-31-25(36-16-20)19(2)9-28-31/h9-11,20-21,24H,3-8,12-18H2,1-2H3/t20-,21?,24-/m1/s1. The van der Waals surface area contributed by atoms with Crippen LogP contribution in [-0.4, -0.2) is 75.1 Å². The smallest absolute Gasteiger partial charge is 0.215 e. The lowest BCUT2D eigenvalue weighted by atomic mass is 10.0. The van der Waals surface area contributed by atoms with Crippen LogP contribution < -0.4 is 14.2 Å². The molecule has 0 saturated heterocycles. The zero-order chi connectivity index (χ0) is 25.9. The third-order valence-electron chi connectivity index (χ3n) is 7.57. The summed E-state index contributed by atoms with van der Waals surface area (Å²) in [6.07, 6.45) is 9.69. The van der Waals surface area contributed by atoms with Crippen molar-refractivity contribution in [2.45, 2.75) is 65.3 Å². The summed E-state index contributed by atoms with van der Waals surface area (Å²) in [5.41, 5.74) is 3.38. The molecule has 0 amide bonds. The average molecular weight is 527 g/mol. The van der Waals surface area contributed by atoms with Crippen molar-refractivity contribution in [3.05, 3.63) is 35.3 Å². The molecule has 11 heteroatoms. The Morgan fingerprint density at radius 2 is 1.47 bits per heavy atom. The predicted octanol–water partition coefficient (Wildman–Crippen LogP) is 2.68. The molecule has 38 heavy (non-hydrogen) atoms. The van der Waals surface area contributed by atoms with Crippen LogP contribution in [0, 0.1) is 18.8 Å². The first-order valence-electron chi connectivity index (χ1n) is 13.9. The van der Waals surface area contributed by atoms with Crippen molar-refractivity contribution in [1.82, 2.24) is 29.3 Å². The molecule has 3 aliphatic rings. The molecule has 3 aliphatic heterocycles. The summed E-state index contributed by atoms with van der Waals surface area (Å²) in [6.45, 7) is 10.5.